The Morgan fingerprint density at radius 2 is 1.77 bits per heavy atom. The van der Waals surface area contributed by atoms with Gasteiger partial charge in [0.05, 0.1) is 18.2 Å². The smallest absolute Gasteiger partial charge is 0.251 e. The highest BCUT2D eigenvalue weighted by atomic mass is 32.2. The Balaban J connectivity index is 1.94. The minimum absolute atomic E-state index is 0.219. The number of benzene rings is 1. The minimum atomic E-state index is -3.42. The number of aryl methyl sites for hydroxylation is 1. The lowest BCUT2D eigenvalue weighted by atomic mass is 9.98. The van der Waals surface area contributed by atoms with E-state index in [1.807, 2.05) is 0 Å². The van der Waals surface area contributed by atoms with E-state index in [4.69, 9.17) is 0 Å². The molecule has 1 amide bonds. The van der Waals surface area contributed by atoms with Gasteiger partial charge in [0.1, 0.15) is 0 Å². The van der Waals surface area contributed by atoms with Gasteiger partial charge in [0.2, 0.25) is 20.0 Å². The number of anilines is 1. The molecule has 1 saturated heterocycles. The number of hydrogen-bond donors (Lipinski definition) is 2. The van der Waals surface area contributed by atoms with Gasteiger partial charge in [-0.2, -0.15) is 0 Å². The van der Waals surface area contributed by atoms with Gasteiger partial charge < -0.3 is 5.32 Å². The highest BCUT2D eigenvalue weighted by molar-refractivity contribution is 7.92. The van der Waals surface area contributed by atoms with Gasteiger partial charge in [-0.15, -0.1) is 0 Å². The average molecular weight is 404 g/mol. The Morgan fingerprint density at radius 3 is 2.31 bits per heavy atom. The molecule has 0 bridgehead atoms. The van der Waals surface area contributed by atoms with E-state index in [-0.39, 0.29) is 11.8 Å². The summed E-state index contributed by atoms with van der Waals surface area (Å²) in [7, 11) is -6.58. The van der Waals surface area contributed by atoms with Crippen LogP contribution >= 0.6 is 0 Å². The van der Waals surface area contributed by atoms with E-state index >= 15 is 0 Å². The van der Waals surface area contributed by atoms with Gasteiger partial charge in [-0.25, -0.2) is 21.1 Å². The minimum Gasteiger partial charge on any atom is -0.352 e. The highest BCUT2D eigenvalue weighted by Crippen LogP contribution is 2.20. The summed E-state index contributed by atoms with van der Waals surface area (Å²) in [6, 6.07) is 4.84. The summed E-state index contributed by atoms with van der Waals surface area (Å²) in [5.41, 5.74) is 1.47. The van der Waals surface area contributed by atoms with Crippen LogP contribution in [-0.2, 0) is 20.0 Å². The third kappa shape index (κ3) is 5.96. The largest absolute Gasteiger partial charge is 0.352 e. The monoisotopic (exact) mass is 403 g/mol. The molecule has 2 N–H and O–H groups in total. The van der Waals surface area contributed by atoms with E-state index in [2.05, 4.69) is 10.0 Å². The van der Waals surface area contributed by atoms with Crippen molar-refractivity contribution in [2.75, 3.05) is 36.9 Å². The summed E-state index contributed by atoms with van der Waals surface area (Å²) in [6.45, 7) is 3.14. The fourth-order valence-electron chi connectivity index (χ4n) is 2.86. The summed E-state index contributed by atoms with van der Waals surface area (Å²) in [4.78, 5) is 12.3. The number of rotatable bonds is 6. The Morgan fingerprint density at radius 1 is 1.15 bits per heavy atom. The SMILES string of the molecule is Cc1ccc(C(=O)NCC2CCN(S(C)(=O)=O)CC2)cc1NS(C)(=O)=O. The lowest BCUT2D eigenvalue weighted by molar-refractivity contribution is 0.0941. The molecule has 0 aliphatic carbocycles. The van der Waals surface area contributed by atoms with Gasteiger partial charge in [-0.1, -0.05) is 6.07 Å². The van der Waals surface area contributed by atoms with Crippen LogP contribution in [0.5, 0.6) is 0 Å². The number of nitrogens with zero attached hydrogens (tertiary/aromatic N) is 1. The maximum Gasteiger partial charge on any atom is 0.251 e. The molecule has 1 aliphatic heterocycles. The number of amides is 1. The van der Waals surface area contributed by atoms with Crippen molar-refractivity contribution in [3.05, 3.63) is 29.3 Å². The van der Waals surface area contributed by atoms with Crippen LogP contribution in [0.25, 0.3) is 0 Å². The van der Waals surface area contributed by atoms with Crippen molar-refractivity contribution < 1.29 is 21.6 Å². The number of hydrogen-bond acceptors (Lipinski definition) is 5. The first-order chi connectivity index (χ1) is 12.0. The van der Waals surface area contributed by atoms with Gasteiger partial charge >= 0.3 is 0 Å². The molecule has 0 atom stereocenters. The van der Waals surface area contributed by atoms with Crippen LogP contribution in [0.4, 0.5) is 5.69 Å². The summed E-state index contributed by atoms with van der Waals surface area (Å²) >= 11 is 0. The van der Waals surface area contributed by atoms with Gasteiger partial charge in [0, 0.05) is 25.2 Å². The Hall–Kier alpha value is -1.65. The quantitative estimate of drug-likeness (QED) is 0.728. The molecular formula is C16H25N3O5S2. The van der Waals surface area contributed by atoms with E-state index < -0.39 is 20.0 Å². The third-order valence-corrected chi connectivity index (χ3v) is 6.28. The van der Waals surface area contributed by atoms with E-state index in [0.29, 0.717) is 43.7 Å². The Kier molecular flexibility index (Phi) is 6.30. The Bertz CT molecular complexity index is 873. The molecule has 0 aromatic heterocycles. The number of carbonyl (C=O) groups excluding carboxylic acids is 1. The molecule has 8 nitrogen and oxygen atoms in total. The molecule has 2 rings (SSSR count). The van der Waals surface area contributed by atoms with Gasteiger partial charge in [-0.05, 0) is 43.4 Å². The van der Waals surface area contributed by atoms with Crippen molar-refractivity contribution >= 4 is 31.6 Å². The van der Waals surface area contributed by atoms with Crippen LogP contribution in [0.15, 0.2) is 18.2 Å². The van der Waals surface area contributed by atoms with Gasteiger partial charge in [0.15, 0.2) is 0 Å². The highest BCUT2D eigenvalue weighted by Gasteiger charge is 2.25. The van der Waals surface area contributed by atoms with Crippen molar-refractivity contribution in [1.82, 2.24) is 9.62 Å². The fourth-order valence-corrected chi connectivity index (χ4v) is 4.35. The van der Waals surface area contributed by atoms with Crippen molar-refractivity contribution in [2.24, 2.45) is 5.92 Å². The zero-order chi connectivity index (χ0) is 19.5. The normalized spacial score (nSPS) is 17.0. The number of sulfonamides is 2. The molecule has 1 aromatic rings. The lowest BCUT2D eigenvalue weighted by Crippen LogP contribution is -2.41. The molecule has 1 aromatic carbocycles. The standard InChI is InChI=1S/C16H25N3O5S2/c1-12-4-5-14(10-15(12)18-25(2,21)22)16(20)17-11-13-6-8-19(9-7-13)26(3,23)24/h4-5,10,13,18H,6-9,11H2,1-3H3,(H,17,20). The maximum atomic E-state index is 12.3. The molecule has 0 unspecified atom stereocenters. The molecule has 146 valence electrons. The number of piperidine rings is 1. The summed E-state index contributed by atoms with van der Waals surface area (Å²) < 4.78 is 49.7. The molecule has 1 fully saturated rings. The molecule has 0 spiro atoms. The first-order valence-corrected chi connectivity index (χ1v) is 12.0. The lowest BCUT2D eigenvalue weighted by Gasteiger charge is -2.30. The predicted octanol–water partition coefficient (Wildman–Crippen LogP) is 0.768. The zero-order valence-corrected chi connectivity index (χ0v) is 16.8. The Labute approximate surface area is 155 Å². The second-order valence-electron chi connectivity index (χ2n) is 6.72. The summed E-state index contributed by atoms with van der Waals surface area (Å²) in [6.07, 6.45) is 3.65. The van der Waals surface area contributed by atoms with E-state index in [9.17, 15) is 21.6 Å². The predicted molar refractivity (Wildman–Crippen MR) is 101 cm³/mol. The van der Waals surface area contributed by atoms with Crippen LogP contribution in [0.3, 0.4) is 0 Å². The molecule has 10 heteroatoms. The second kappa shape index (κ2) is 7.93. The van der Waals surface area contributed by atoms with Crippen LogP contribution in [0.1, 0.15) is 28.8 Å². The first-order valence-electron chi connectivity index (χ1n) is 8.27. The van der Waals surface area contributed by atoms with Crippen LogP contribution < -0.4 is 10.0 Å². The van der Waals surface area contributed by atoms with Crippen LogP contribution in [-0.4, -0.2) is 59.2 Å². The molecule has 0 saturated carbocycles. The molecule has 26 heavy (non-hydrogen) atoms. The molecule has 0 radical (unpaired) electrons. The molecule has 1 aliphatic rings. The zero-order valence-electron chi connectivity index (χ0n) is 15.1. The molecular weight excluding hydrogens is 378 g/mol. The van der Waals surface area contributed by atoms with Crippen molar-refractivity contribution in [3.63, 3.8) is 0 Å². The van der Waals surface area contributed by atoms with E-state index in [1.54, 1.807) is 19.1 Å². The number of nitrogens with one attached hydrogen (secondary N) is 2. The third-order valence-electron chi connectivity index (χ3n) is 4.39. The number of carbonyl (C=O) groups is 1. The fraction of sp³-hybridized carbons (Fsp3) is 0.562. The summed E-state index contributed by atoms with van der Waals surface area (Å²) in [5.74, 6) is -0.0666. The average Bonchev–Trinajstić information content (AvgIpc) is 2.53. The summed E-state index contributed by atoms with van der Waals surface area (Å²) in [5, 5.41) is 2.85. The van der Waals surface area contributed by atoms with Crippen molar-refractivity contribution in [2.45, 2.75) is 19.8 Å². The van der Waals surface area contributed by atoms with Crippen LogP contribution in [0.2, 0.25) is 0 Å². The van der Waals surface area contributed by atoms with E-state index in [1.165, 1.54) is 16.6 Å². The van der Waals surface area contributed by atoms with Crippen molar-refractivity contribution in [3.8, 4) is 0 Å². The maximum absolute atomic E-state index is 12.3. The topological polar surface area (TPSA) is 113 Å². The van der Waals surface area contributed by atoms with Crippen LogP contribution in [0, 0.1) is 12.8 Å². The van der Waals surface area contributed by atoms with Gasteiger partial charge in [0.25, 0.3) is 5.91 Å². The van der Waals surface area contributed by atoms with Gasteiger partial charge in [-0.3, -0.25) is 9.52 Å². The van der Waals surface area contributed by atoms with Crippen molar-refractivity contribution in [1.29, 1.82) is 0 Å². The first kappa shape index (κ1) is 20.7. The van der Waals surface area contributed by atoms with E-state index in [0.717, 1.165) is 11.8 Å². The second-order valence-corrected chi connectivity index (χ2v) is 10.5. The molecule has 1 heterocycles.